The quantitative estimate of drug-likeness (QED) is 0.627. The Bertz CT molecular complexity index is 629. The fraction of sp³-hybridized carbons (Fsp3) is 0.143. The predicted molar refractivity (Wildman–Crippen MR) is 68.5 cm³/mol. The van der Waals surface area contributed by atoms with Crippen molar-refractivity contribution >= 4 is 5.69 Å². The van der Waals surface area contributed by atoms with Gasteiger partial charge in [-0.3, -0.25) is 10.1 Å². The molecule has 20 heavy (non-hydrogen) atoms. The lowest BCUT2D eigenvalue weighted by molar-refractivity contribution is -0.384. The van der Waals surface area contributed by atoms with E-state index in [-0.39, 0.29) is 11.3 Å². The maximum atomic E-state index is 13.6. The molecular formula is C14H11F2NO3. The van der Waals surface area contributed by atoms with E-state index in [0.29, 0.717) is 5.75 Å². The monoisotopic (exact) mass is 279 g/mol. The predicted octanol–water partition coefficient (Wildman–Crippen LogP) is 4.01. The second kappa shape index (κ2) is 5.64. The van der Waals surface area contributed by atoms with Crippen LogP contribution >= 0.6 is 0 Å². The molecular weight excluding hydrogens is 268 g/mol. The summed E-state index contributed by atoms with van der Waals surface area (Å²) in [5, 5.41) is 10.5. The van der Waals surface area contributed by atoms with Crippen LogP contribution in [0, 0.1) is 21.7 Å². The van der Waals surface area contributed by atoms with Gasteiger partial charge in [-0.15, -0.1) is 0 Å². The van der Waals surface area contributed by atoms with Crippen LogP contribution in [0.2, 0.25) is 0 Å². The summed E-state index contributed by atoms with van der Waals surface area (Å²) in [7, 11) is 0. The fourth-order valence-corrected chi connectivity index (χ4v) is 1.74. The first-order chi connectivity index (χ1) is 9.47. The molecule has 0 saturated carbocycles. The second-order valence-electron chi connectivity index (χ2n) is 4.18. The van der Waals surface area contributed by atoms with Gasteiger partial charge in [-0.2, -0.15) is 0 Å². The van der Waals surface area contributed by atoms with Crippen LogP contribution in [0.25, 0.3) is 0 Å². The number of nitro benzene ring substituents is 1. The van der Waals surface area contributed by atoms with Crippen molar-refractivity contribution in [3.63, 3.8) is 0 Å². The molecule has 0 radical (unpaired) electrons. The number of non-ortho nitro benzene ring substituents is 1. The standard InChI is InChI=1S/C14H11F2NO3/c1-9(13-8-10(15)2-7-14(13)16)20-12-5-3-11(4-6-12)17(18)19/h2-9H,1H3. The number of hydrogen-bond acceptors (Lipinski definition) is 3. The summed E-state index contributed by atoms with van der Waals surface area (Å²) in [6.07, 6.45) is -0.716. The first-order valence-electron chi connectivity index (χ1n) is 5.83. The van der Waals surface area contributed by atoms with Crippen LogP contribution in [0.4, 0.5) is 14.5 Å². The molecule has 0 bridgehead atoms. The van der Waals surface area contributed by atoms with Gasteiger partial charge in [0, 0.05) is 17.7 Å². The molecule has 0 aliphatic heterocycles. The molecule has 0 spiro atoms. The van der Waals surface area contributed by atoms with E-state index in [1.165, 1.54) is 24.3 Å². The van der Waals surface area contributed by atoms with Gasteiger partial charge in [0.2, 0.25) is 0 Å². The topological polar surface area (TPSA) is 52.4 Å². The Labute approximate surface area is 113 Å². The minimum absolute atomic E-state index is 0.0676. The summed E-state index contributed by atoms with van der Waals surface area (Å²) in [5.41, 5.74) is 0.0188. The van der Waals surface area contributed by atoms with Gasteiger partial charge < -0.3 is 4.74 Å². The van der Waals surface area contributed by atoms with Crippen LogP contribution in [0.15, 0.2) is 42.5 Å². The fourth-order valence-electron chi connectivity index (χ4n) is 1.74. The number of rotatable bonds is 4. The van der Waals surface area contributed by atoms with Crippen molar-refractivity contribution in [3.8, 4) is 5.75 Å². The molecule has 1 atom stereocenters. The van der Waals surface area contributed by atoms with Crippen molar-refractivity contribution in [1.29, 1.82) is 0 Å². The van der Waals surface area contributed by atoms with E-state index in [1.54, 1.807) is 6.92 Å². The van der Waals surface area contributed by atoms with Crippen LogP contribution in [0.1, 0.15) is 18.6 Å². The summed E-state index contributed by atoms with van der Waals surface area (Å²) >= 11 is 0. The van der Waals surface area contributed by atoms with Crippen LogP contribution < -0.4 is 4.74 Å². The van der Waals surface area contributed by atoms with E-state index in [9.17, 15) is 18.9 Å². The Hall–Kier alpha value is -2.50. The molecule has 0 fully saturated rings. The molecule has 6 heteroatoms. The Morgan fingerprint density at radius 3 is 2.40 bits per heavy atom. The Kier molecular flexibility index (Phi) is 3.93. The Morgan fingerprint density at radius 2 is 1.80 bits per heavy atom. The molecule has 0 saturated heterocycles. The third-order valence-electron chi connectivity index (χ3n) is 2.76. The summed E-state index contributed by atoms with van der Waals surface area (Å²) < 4.78 is 32.1. The summed E-state index contributed by atoms with van der Waals surface area (Å²) in [5.74, 6) is -0.784. The molecule has 2 aromatic rings. The van der Waals surface area contributed by atoms with Crippen LogP contribution in [-0.2, 0) is 0 Å². The number of hydrogen-bond donors (Lipinski definition) is 0. The molecule has 2 rings (SSSR count). The van der Waals surface area contributed by atoms with Crippen molar-refractivity contribution in [2.45, 2.75) is 13.0 Å². The number of nitrogens with zero attached hydrogens (tertiary/aromatic N) is 1. The summed E-state index contributed by atoms with van der Waals surface area (Å²) in [6.45, 7) is 1.57. The molecule has 2 aromatic carbocycles. The lowest BCUT2D eigenvalue weighted by Crippen LogP contribution is -2.06. The van der Waals surface area contributed by atoms with Crippen molar-refractivity contribution < 1.29 is 18.4 Å². The number of halogens is 2. The average molecular weight is 279 g/mol. The summed E-state index contributed by atoms with van der Waals surface area (Å²) in [4.78, 5) is 9.98. The molecule has 4 nitrogen and oxygen atoms in total. The third kappa shape index (κ3) is 3.09. The molecule has 0 aliphatic carbocycles. The number of ether oxygens (including phenoxy) is 1. The number of nitro groups is 1. The molecule has 0 N–H and O–H groups in total. The van der Waals surface area contributed by atoms with Gasteiger partial charge in [0.25, 0.3) is 5.69 Å². The highest BCUT2D eigenvalue weighted by Crippen LogP contribution is 2.25. The number of benzene rings is 2. The Morgan fingerprint density at radius 1 is 1.15 bits per heavy atom. The average Bonchev–Trinajstić information content (AvgIpc) is 2.42. The zero-order valence-corrected chi connectivity index (χ0v) is 10.5. The molecule has 0 heterocycles. The van der Waals surface area contributed by atoms with Crippen molar-refractivity contribution in [2.75, 3.05) is 0 Å². The van der Waals surface area contributed by atoms with Gasteiger partial charge in [-0.1, -0.05) is 0 Å². The van der Waals surface area contributed by atoms with E-state index in [2.05, 4.69) is 0 Å². The minimum atomic E-state index is -0.716. The van der Waals surface area contributed by atoms with E-state index >= 15 is 0 Å². The van der Waals surface area contributed by atoms with Gasteiger partial charge in [0.15, 0.2) is 0 Å². The normalized spacial score (nSPS) is 11.9. The lowest BCUT2D eigenvalue weighted by atomic mass is 10.1. The first kappa shape index (κ1) is 13.9. The first-order valence-corrected chi connectivity index (χ1v) is 5.83. The smallest absolute Gasteiger partial charge is 0.269 e. The highest BCUT2D eigenvalue weighted by Gasteiger charge is 2.14. The molecule has 0 aromatic heterocycles. The van der Waals surface area contributed by atoms with Crippen molar-refractivity contribution in [2.24, 2.45) is 0 Å². The zero-order chi connectivity index (χ0) is 14.7. The van der Waals surface area contributed by atoms with Crippen LogP contribution in [0.5, 0.6) is 5.75 Å². The lowest BCUT2D eigenvalue weighted by Gasteiger charge is -2.15. The molecule has 0 amide bonds. The van der Waals surface area contributed by atoms with Gasteiger partial charge in [0.05, 0.1) is 4.92 Å². The third-order valence-corrected chi connectivity index (χ3v) is 2.76. The largest absolute Gasteiger partial charge is 0.486 e. The van der Waals surface area contributed by atoms with E-state index < -0.39 is 22.7 Å². The Balaban J connectivity index is 2.16. The highest BCUT2D eigenvalue weighted by molar-refractivity contribution is 5.36. The van der Waals surface area contributed by atoms with Gasteiger partial charge in [0.1, 0.15) is 23.5 Å². The zero-order valence-electron chi connectivity index (χ0n) is 10.5. The van der Waals surface area contributed by atoms with Gasteiger partial charge in [-0.25, -0.2) is 8.78 Å². The van der Waals surface area contributed by atoms with E-state index in [4.69, 9.17) is 4.74 Å². The minimum Gasteiger partial charge on any atom is -0.486 e. The van der Waals surface area contributed by atoms with Gasteiger partial charge in [-0.05, 0) is 37.3 Å². The maximum Gasteiger partial charge on any atom is 0.269 e. The SMILES string of the molecule is CC(Oc1ccc([N+](=O)[O-])cc1)c1cc(F)ccc1F. The van der Waals surface area contributed by atoms with Gasteiger partial charge >= 0.3 is 0 Å². The molecule has 104 valence electrons. The summed E-state index contributed by atoms with van der Waals surface area (Å²) in [6, 6.07) is 8.49. The van der Waals surface area contributed by atoms with Crippen molar-refractivity contribution in [1.82, 2.24) is 0 Å². The van der Waals surface area contributed by atoms with Crippen molar-refractivity contribution in [3.05, 3.63) is 69.8 Å². The maximum absolute atomic E-state index is 13.6. The molecule has 0 aliphatic rings. The van der Waals surface area contributed by atoms with E-state index in [1.807, 2.05) is 0 Å². The molecule has 1 unspecified atom stereocenters. The highest BCUT2D eigenvalue weighted by atomic mass is 19.1. The van der Waals surface area contributed by atoms with E-state index in [0.717, 1.165) is 18.2 Å². The van der Waals surface area contributed by atoms with Crippen LogP contribution in [-0.4, -0.2) is 4.92 Å². The van der Waals surface area contributed by atoms with Crippen LogP contribution in [0.3, 0.4) is 0 Å². The second-order valence-corrected chi connectivity index (χ2v) is 4.18.